The van der Waals surface area contributed by atoms with Crippen molar-refractivity contribution in [3.8, 4) is 0 Å². The lowest BCUT2D eigenvalue weighted by Gasteiger charge is -2.28. The van der Waals surface area contributed by atoms with E-state index in [1.807, 2.05) is 11.8 Å². The van der Waals surface area contributed by atoms with Crippen molar-refractivity contribution in [2.45, 2.75) is 44.0 Å². The van der Waals surface area contributed by atoms with E-state index in [1.165, 1.54) is 11.1 Å². The summed E-state index contributed by atoms with van der Waals surface area (Å²) in [7, 11) is 0. The lowest BCUT2D eigenvalue weighted by Crippen LogP contribution is -2.41. The second-order valence-electron chi connectivity index (χ2n) is 5.73. The summed E-state index contributed by atoms with van der Waals surface area (Å²) in [4.78, 5) is 0. The van der Waals surface area contributed by atoms with Gasteiger partial charge in [0.15, 0.2) is 0 Å². The highest BCUT2D eigenvalue weighted by molar-refractivity contribution is 7.98. The maximum absolute atomic E-state index is 10.4. The molecule has 2 unspecified atom stereocenters. The molecule has 106 valence electrons. The zero-order chi connectivity index (χ0) is 13.7. The van der Waals surface area contributed by atoms with Gasteiger partial charge in [0.05, 0.1) is 5.60 Å². The van der Waals surface area contributed by atoms with Crippen molar-refractivity contribution in [1.82, 2.24) is 0 Å². The van der Waals surface area contributed by atoms with Crippen LogP contribution in [-0.4, -0.2) is 23.0 Å². The number of thioether (sulfide) groups is 1. The molecule has 0 saturated heterocycles. The molecule has 2 rings (SSSR count). The van der Waals surface area contributed by atoms with Crippen LogP contribution in [-0.2, 0) is 5.75 Å². The third-order valence-corrected chi connectivity index (χ3v) is 5.30. The van der Waals surface area contributed by atoms with Gasteiger partial charge in [0.2, 0.25) is 0 Å². The van der Waals surface area contributed by atoms with Gasteiger partial charge in [-0.25, -0.2) is 0 Å². The van der Waals surface area contributed by atoms with Gasteiger partial charge in [-0.3, -0.25) is 0 Å². The summed E-state index contributed by atoms with van der Waals surface area (Å²) < 4.78 is 0. The van der Waals surface area contributed by atoms with Crippen molar-refractivity contribution < 1.29 is 5.11 Å². The number of nitrogens with two attached hydrogens (primary N) is 1. The van der Waals surface area contributed by atoms with Crippen LogP contribution in [0.2, 0.25) is 0 Å². The summed E-state index contributed by atoms with van der Waals surface area (Å²) in [5.41, 5.74) is 7.85. The van der Waals surface area contributed by atoms with Gasteiger partial charge in [0, 0.05) is 12.3 Å². The van der Waals surface area contributed by atoms with Crippen molar-refractivity contribution >= 4 is 11.8 Å². The van der Waals surface area contributed by atoms with Gasteiger partial charge in [0.1, 0.15) is 0 Å². The van der Waals surface area contributed by atoms with E-state index in [2.05, 4.69) is 31.2 Å². The number of aliphatic hydroxyl groups is 1. The molecule has 0 radical (unpaired) electrons. The molecule has 1 aliphatic carbocycles. The third-order valence-electron chi connectivity index (χ3n) is 4.24. The van der Waals surface area contributed by atoms with Crippen molar-refractivity contribution in [3.63, 3.8) is 0 Å². The highest BCUT2D eigenvalue weighted by Gasteiger charge is 2.39. The van der Waals surface area contributed by atoms with Gasteiger partial charge < -0.3 is 10.8 Å². The zero-order valence-electron chi connectivity index (χ0n) is 11.8. The summed E-state index contributed by atoms with van der Waals surface area (Å²) in [6, 6.07) is 8.69. The average Bonchev–Trinajstić information content (AvgIpc) is 2.77. The summed E-state index contributed by atoms with van der Waals surface area (Å²) in [5, 5.41) is 10.4. The third kappa shape index (κ3) is 3.98. The fourth-order valence-electron chi connectivity index (χ4n) is 3.03. The van der Waals surface area contributed by atoms with E-state index >= 15 is 0 Å². The minimum atomic E-state index is -0.579. The fourth-order valence-corrected chi connectivity index (χ4v) is 4.04. The molecule has 0 amide bonds. The summed E-state index contributed by atoms with van der Waals surface area (Å²) in [6.45, 7) is 2.55. The van der Waals surface area contributed by atoms with Gasteiger partial charge in [-0.1, -0.05) is 36.2 Å². The Balaban J connectivity index is 1.72. The molecule has 0 aliphatic heterocycles. The van der Waals surface area contributed by atoms with E-state index in [0.717, 1.165) is 37.2 Å². The normalized spacial score (nSPS) is 26.8. The molecule has 1 saturated carbocycles. The SMILES string of the molecule is Cc1cccc(CSCCC2CCCC2(O)CN)c1. The fraction of sp³-hybridized carbons (Fsp3) is 0.625. The minimum absolute atomic E-state index is 0.405. The Labute approximate surface area is 120 Å². The van der Waals surface area contributed by atoms with Gasteiger partial charge >= 0.3 is 0 Å². The molecule has 0 heterocycles. The van der Waals surface area contributed by atoms with Crippen LogP contribution in [0.15, 0.2) is 24.3 Å². The van der Waals surface area contributed by atoms with Gasteiger partial charge in [-0.05, 0) is 43.4 Å². The zero-order valence-corrected chi connectivity index (χ0v) is 12.6. The van der Waals surface area contributed by atoms with E-state index in [0.29, 0.717) is 12.5 Å². The number of aryl methyl sites for hydroxylation is 1. The molecule has 1 fully saturated rings. The van der Waals surface area contributed by atoms with Crippen molar-refractivity contribution in [3.05, 3.63) is 35.4 Å². The van der Waals surface area contributed by atoms with Gasteiger partial charge in [-0.2, -0.15) is 11.8 Å². The predicted octanol–water partition coefficient (Wildman–Crippen LogP) is 3.11. The molecular weight excluding hydrogens is 254 g/mol. The molecule has 0 spiro atoms. The van der Waals surface area contributed by atoms with Crippen molar-refractivity contribution in [2.75, 3.05) is 12.3 Å². The maximum atomic E-state index is 10.4. The van der Waals surface area contributed by atoms with Gasteiger partial charge in [-0.15, -0.1) is 0 Å². The molecule has 3 heteroatoms. The Kier molecular flexibility index (Phi) is 5.31. The van der Waals surface area contributed by atoms with Crippen LogP contribution in [0.4, 0.5) is 0 Å². The van der Waals surface area contributed by atoms with E-state index in [4.69, 9.17) is 5.73 Å². The molecule has 0 aromatic heterocycles. The number of hydrogen-bond acceptors (Lipinski definition) is 3. The van der Waals surface area contributed by atoms with Crippen LogP contribution >= 0.6 is 11.8 Å². The van der Waals surface area contributed by atoms with Crippen LogP contribution in [0.25, 0.3) is 0 Å². The molecule has 2 nitrogen and oxygen atoms in total. The van der Waals surface area contributed by atoms with E-state index in [1.54, 1.807) is 0 Å². The second-order valence-corrected chi connectivity index (χ2v) is 6.83. The molecular formula is C16H25NOS. The molecule has 0 bridgehead atoms. The number of hydrogen-bond donors (Lipinski definition) is 2. The molecule has 2 atom stereocenters. The van der Waals surface area contributed by atoms with Crippen LogP contribution in [0, 0.1) is 12.8 Å². The molecule has 1 aliphatic rings. The molecule has 19 heavy (non-hydrogen) atoms. The summed E-state index contributed by atoms with van der Waals surface area (Å²) >= 11 is 1.96. The Bertz CT molecular complexity index is 409. The highest BCUT2D eigenvalue weighted by atomic mass is 32.2. The van der Waals surface area contributed by atoms with Crippen LogP contribution in [0.5, 0.6) is 0 Å². The standard InChI is InChI=1S/C16H25NOS/c1-13-4-2-5-14(10-13)11-19-9-7-15-6-3-8-16(15,18)12-17/h2,4-5,10,15,18H,3,6-9,11-12,17H2,1H3. The lowest BCUT2D eigenvalue weighted by molar-refractivity contribution is 0.0104. The topological polar surface area (TPSA) is 46.2 Å². The molecule has 3 N–H and O–H groups in total. The lowest BCUT2D eigenvalue weighted by atomic mass is 9.89. The quantitative estimate of drug-likeness (QED) is 0.787. The Morgan fingerprint density at radius 3 is 3.05 bits per heavy atom. The van der Waals surface area contributed by atoms with Crippen molar-refractivity contribution in [1.29, 1.82) is 0 Å². The molecule has 1 aromatic carbocycles. The second kappa shape index (κ2) is 6.78. The minimum Gasteiger partial charge on any atom is -0.388 e. The average molecular weight is 279 g/mol. The van der Waals surface area contributed by atoms with E-state index in [9.17, 15) is 5.11 Å². The van der Waals surface area contributed by atoms with Crippen LogP contribution in [0.1, 0.15) is 36.8 Å². The first kappa shape index (κ1) is 14.9. The smallest absolute Gasteiger partial charge is 0.0797 e. The Morgan fingerprint density at radius 2 is 2.32 bits per heavy atom. The summed E-state index contributed by atoms with van der Waals surface area (Å²) in [5.74, 6) is 2.58. The van der Waals surface area contributed by atoms with E-state index in [-0.39, 0.29) is 0 Å². The molecule has 1 aromatic rings. The van der Waals surface area contributed by atoms with Crippen molar-refractivity contribution in [2.24, 2.45) is 11.7 Å². The maximum Gasteiger partial charge on any atom is 0.0797 e. The Morgan fingerprint density at radius 1 is 1.47 bits per heavy atom. The number of rotatable bonds is 6. The largest absolute Gasteiger partial charge is 0.388 e. The van der Waals surface area contributed by atoms with Crippen LogP contribution in [0.3, 0.4) is 0 Å². The highest BCUT2D eigenvalue weighted by Crippen LogP contribution is 2.37. The monoisotopic (exact) mass is 279 g/mol. The first-order valence-electron chi connectivity index (χ1n) is 7.20. The van der Waals surface area contributed by atoms with Crippen LogP contribution < -0.4 is 5.73 Å². The van der Waals surface area contributed by atoms with E-state index < -0.39 is 5.60 Å². The Hall–Kier alpha value is -0.510. The first-order chi connectivity index (χ1) is 9.14. The van der Waals surface area contributed by atoms with Gasteiger partial charge in [0.25, 0.3) is 0 Å². The number of benzene rings is 1. The predicted molar refractivity (Wildman–Crippen MR) is 83.3 cm³/mol. The first-order valence-corrected chi connectivity index (χ1v) is 8.35. The summed E-state index contributed by atoms with van der Waals surface area (Å²) in [6.07, 6.45) is 4.24.